The molecule has 2 N–H and O–H groups in total. The van der Waals surface area contributed by atoms with E-state index in [1.807, 2.05) is 39.1 Å². The second kappa shape index (κ2) is 2.74. The third-order valence-electron chi connectivity index (χ3n) is 2.37. The molecule has 0 amide bonds. The van der Waals surface area contributed by atoms with Crippen LogP contribution in [0.2, 0.25) is 0 Å². The molecule has 3 heteroatoms. The Morgan fingerprint density at radius 1 is 1.29 bits per heavy atom. The number of hydrogen-bond donors (Lipinski definition) is 2. The van der Waals surface area contributed by atoms with Crippen LogP contribution in [-0.4, -0.2) is 9.97 Å². The smallest absolute Gasteiger partial charge is 0.253 e. The van der Waals surface area contributed by atoms with Crippen LogP contribution in [0.4, 0.5) is 0 Å². The van der Waals surface area contributed by atoms with Crippen molar-refractivity contribution in [2.24, 2.45) is 0 Å². The number of aromatic nitrogens is 2. The van der Waals surface area contributed by atoms with Gasteiger partial charge in [0.15, 0.2) is 0 Å². The zero-order valence-corrected chi connectivity index (χ0v) is 8.64. The Kier molecular flexibility index (Phi) is 1.77. The molecule has 0 atom stereocenters. The SMILES string of the molecule is CC(C)(C)c1cc2cc[nH]c2[nH]c1=O. The fraction of sp³-hybridized carbons (Fsp3) is 0.364. The minimum Gasteiger partial charge on any atom is -0.348 e. The Labute approximate surface area is 82.2 Å². The summed E-state index contributed by atoms with van der Waals surface area (Å²) in [6.07, 6.45) is 1.83. The third kappa shape index (κ3) is 1.35. The van der Waals surface area contributed by atoms with Crippen molar-refractivity contribution >= 4 is 11.0 Å². The molecule has 3 nitrogen and oxygen atoms in total. The van der Waals surface area contributed by atoms with E-state index in [4.69, 9.17) is 0 Å². The number of rotatable bonds is 0. The van der Waals surface area contributed by atoms with Crippen molar-refractivity contribution in [2.45, 2.75) is 26.2 Å². The third-order valence-corrected chi connectivity index (χ3v) is 2.37. The first-order valence-corrected chi connectivity index (χ1v) is 4.69. The molecule has 14 heavy (non-hydrogen) atoms. The van der Waals surface area contributed by atoms with Crippen molar-refractivity contribution in [3.63, 3.8) is 0 Å². The van der Waals surface area contributed by atoms with Crippen molar-refractivity contribution in [1.29, 1.82) is 0 Å². The predicted molar refractivity (Wildman–Crippen MR) is 57.6 cm³/mol. The lowest BCUT2D eigenvalue weighted by molar-refractivity contribution is 0.583. The molecule has 0 spiro atoms. The van der Waals surface area contributed by atoms with Gasteiger partial charge in [-0.25, -0.2) is 0 Å². The van der Waals surface area contributed by atoms with Crippen LogP contribution in [0, 0.1) is 0 Å². The maximum absolute atomic E-state index is 11.7. The Bertz CT molecular complexity index is 514. The highest BCUT2D eigenvalue weighted by Crippen LogP contribution is 2.20. The van der Waals surface area contributed by atoms with Crippen LogP contribution in [0.25, 0.3) is 11.0 Å². The lowest BCUT2D eigenvalue weighted by Gasteiger charge is -2.17. The number of fused-ring (bicyclic) bond motifs is 1. The molecule has 0 unspecified atom stereocenters. The quantitative estimate of drug-likeness (QED) is 0.657. The number of aromatic amines is 2. The van der Waals surface area contributed by atoms with Crippen molar-refractivity contribution < 1.29 is 0 Å². The number of pyridine rings is 1. The molecule has 2 aromatic rings. The Morgan fingerprint density at radius 3 is 2.64 bits per heavy atom. The van der Waals surface area contributed by atoms with Crippen molar-refractivity contribution in [3.05, 3.63) is 34.2 Å². The van der Waals surface area contributed by atoms with Gasteiger partial charge in [-0.15, -0.1) is 0 Å². The van der Waals surface area contributed by atoms with Crippen LogP contribution in [0.15, 0.2) is 23.1 Å². The van der Waals surface area contributed by atoms with E-state index in [1.165, 1.54) is 0 Å². The highest BCUT2D eigenvalue weighted by atomic mass is 16.1. The standard InChI is InChI=1S/C11H14N2O/c1-11(2,3)8-6-7-4-5-12-9(7)13-10(8)14/h4-6H,1-3H3,(H2,12,13,14). The molecule has 2 heterocycles. The van der Waals surface area contributed by atoms with E-state index in [-0.39, 0.29) is 11.0 Å². The number of H-pyrrole nitrogens is 2. The summed E-state index contributed by atoms with van der Waals surface area (Å²) in [5.41, 5.74) is 1.50. The molecule has 0 fully saturated rings. The van der Waals surface area contributed by atoms with Crippen LogP contribution in [0.1, 0.15) is 26.3 Å². The average Bonchev–Trinajstić information content (AvgIpc) is 2.47. The van der Waals surface area contributed by atoms with Gasteiger partial charge in [0, 0.05) is 17.1 Å². The lowest BCUT2D eigenvalue weighted by Crippen LogP contribution is -2.24. The molecule has 74 valence electrons. The lowest BCUT2D eigenvalue weighted by atomic mass is 9.88. The minimum atomic E-state index is -0.112. The molecule has 0 radical (unpaired) electrons. The Morgan fingerprint density at radius 2 is 2.00 bits per heavy atom. The van der Waals surface area contributed by atoms with Gasteiger partial charge in [0.05, 0.1) is 0 Å². The van der Waals surface area contributed by atoms with Gasteiger partial charge >= 0.3 is 0 Å². The fourth-order valence-corrected chi connectivity index (χ4v) is 1.57. The van der Waals surface area contributed by atoms with E-state index in [0.29, 0.717) is 0 Å². The molecule has 0 bridgehead atoms. The van der Waals surface area contributed by atoms with E-state index in [0.717, 1.165) is 16.6 Å². The fourth-order valence-electron chi connectivity index (χ4n) is 1.57. The monoisotopic (exact) mass is 190 g/mol. The molecular formula is C11H14N2O. The predicted octanol–water partition coefficient (Wildman–Crippen LogP) is 2.15. The van der Waals surface area contributed by atoms with Crippen LogP contribution in [0.5, 0.6) is 0 Å². The highest BCUT2D eigenvalue weighted by Gasteiger charge is 2.18. The summed E-state index contributed by atoms with van der Waals surface area (Å²) in [7, 11) is 0. The second-order valence-corrected chi connectivity index (χ2v) is 4.57. The van der Waals surface area contributed by atoms with Crippen LogP contribution in [-0.2, 0) is 5.41 Å². The summed E-state index contributed by atoms with van der Waals surface area (Å²) in [6.45, 7) is 6.11. The van der Waals surface area contributed by atoms with Gasteiger partial charge in [0.1, 0.15) is 5.65 Å². The summed E-state index contributed by atoms with van der Waals surface area (Å²) < 4.78 is 0. The van der Waals surface area contributed by atoms with E-state index in [9.17, 15) is 4.79 Å². The molecule has 0 saturated heterocycles. The molecule has 0 aromatic carbocycles. The van der Waals surface area contributed by atoms with Crippen LogP contribution >= 0.6 is 0 Å². The van der Waals surface area contributed by atoms with Gasteiger partial charge in [-0.3, -0.25) is 4.79 Å². The zero-order valence-electron chi connectivity index (χ0n) is 8.64. The molecular weight excluding hydrogens is 176 g/mol. The van der Waals surface area contributed by atoms with Gasteiger partial charge < -0.3 is 9.97 Å². The van der Waals surface area contributed by atoms with Crippen LogP contribution < -0.4 is 5.56 Å². The van der Waals surface area contributed by atoms with Gasteiger partial charge in [-0.1, -0.05) is 20.8 Å². The molecule has 2 rings (SSSR count). The normalized spacial score (nSPS) is 12.2. The van der Waals surface area contributed by atoms with E-state index < -0.39 is 0 Å². The Hall–Kier alpha value is -1.51. The van der Waals surface area contributed by atoms with E-state index in [1.54, 1.807) is 0 Å². The van der Waals surface area contributed by atoms with Crippen molar-refractivity contribution in [2.75, 3.05) is 0 Å². The summed E-state index contributed by atoms with van der Waals surface area (Å²) in [4.78, 5) is 17.5. The average molecular weight is 190 g/mol. The second-order valence-electron chi connectivity index (χ2n) is 4.57. The number of nitrogens with one attached hydrogen (secondary N) is 2. The largest absolute Gasteiger partial charge is 0.348 e. The summed E-state index contributed by atoms with van der Waals surface area (Å²) in [6, 6.07) is 3.91. The zero-order chi connectivity index (χ0) is 10.3. The van der Waals surface area contributed by atoms with Crippen LogP contribution in [0.3, 0.4) is 0 Å². The topological polar surface area (TPSA) is 48.6 Å². The summed E-state index contributed by atoms with van der Waals surface area (Å²) in [5, 5.41) is 1.05. The van der Waals surface area contributed by atoms with Gasteiger partial charge in [-0.2, -0.15) is 0 Å². The molecule has 0 aliphatic rings. The first kappa shape index (κ1) is 9.06. The molecule has 2 aromatic heterocycles. The van der Waals surface area contributed by atoms with Crippen molar-refractivity contribution in [1.82, 2.24) is 9.97 Å². The van der Waals surface area contributed by atoms with Gasteiger partial charge in [0.25, 0.3) is 5.56 Å². The number of hydrogen-bond acceptors (Lipinski definition) is 1. The molecule has 0 saturated carbocycles. The first-order chi connectivity index (χ1) is 6.48. The molecule has 0 aliphatic heterocycles. The molecule has 0 aliphatic carbocycles. The summed E-state index contributed by atoms with van der Waals surface area (Å²) in [5.74, 6) is 0. The maximum Gasteiger partial charge on any atom is 0.253 e. The Balaban J connectivity index is 2.78. The minimum absolute atomic E-state index is 0.00699. The van der Waals surface area contributed by atoms with Crippen molar-refractivity contribution in [3.8, 4) is 0 Å². The summed E-state index contributed by atoms with van der Waals surface area (Å²) >= 11 is 0. The van der Waals surface area contributed by atoms with Gasteiger partial charge in [0.2, 0.25) is 0 Å². The maximum atomic E-state index is 11.7. The van der Waals surface area contributed by atoms with E-state index in [2.05, 4.69) is 9.97 Å². The highest BCUT2D eigenvalue weighted by molar-refractivity contribution is 5.75. The first-order valence-electron chi connectivity index (χ1n) is 4.69. The van der Waals surface area contributed by atoms with Gasteiger partial charge in [-0.05, 0) is 17.5 Å². The van der Waals surface area contributed by atoms with E-state index >= 15 is 0 Å².